The van der Waals surface area contributed by atoms with Gasteiger partial charge in [0, 0.05) is 12.1 Å². The lowest BCUT2D eigenvalue weighted by Gasteiger charge is -2.37. The Morgan fingerprint density at radius 3 is 2.59 bits per heavy atom. The van der Waals surface area contributed by atoms with Crippen LogP contribution in [0.1, 0.15) is 40.4 Å². The smallest absolute Gasteiger partial charge is 0.410 e. The number of benzene rings is 2. The van der Waals surface area contributed by atoms with Crippen molar-refractivity contribution in [3.8, 4) is 5.75 Å². The predicted molar refractivity (Wildman–Crippen MR) is 106 cm³/mol. The second-order valence-electron chi connectivity index (χ2n) is 6.88. The highest BCUT2D eigenvalue weighted by molar-refractivity contribution is 5.90. The summed E-state index contributed by atoms with van der Waals surface area (Å²) in [6.07, 6.45) is -0.165. The zero-order valence-electron chi connectivity index (χ0n) is 16.5. The molecule has 1 heterocycles. The van der Waals surface area contributed by atoms with Crippen LogP contribution in [0, 0.1) is 0 Å². The summed E-state index contributed by atoms with van der Waals surface area (Å²) < 4.78 is 15.7. The first-order chi connectivity index (χ1) is 14.0. The van der Waals surface area contributed by atoms with Crippen LogP contribution in [0.4, 0.5) is 4.79 Å². The average Bonchev–Trinajstić information content (AvgIpc) is 2.77. The van der Waals surface area contributed by atoms with Crippen molar-refractivity contribution in [2.24, 2.45) is 0 Å². The molecule has 0 bridgehead atoms. The predicted octanol–water partition coefficient (Wildman–Crippen LogP) is 3.32. The Bertz CT molecular complexity index is 854. The first-order valence-corrected chi connectivity index (χ1v) is 9.45. The van der Waals surface area contributed by atoms with Crippen molar-refractivity contribution in [1.82, 2.24) is 4.90 Å². The molecular weight excluding hydrogens is 374 g/mol. The van der Waals surface area contributed by atoms with Gasteiger partial charge in [0.05, 0.1) is 31.9 Å². The minimum absolute atomic E-state index is 0.170. The minimum atomic E-state index is -0.539. The van der Waals surface area contributed by atoms with Crippen molar-refractivity contribution < 1.29 is 28.9 Å². The average molecular weight is 399 g/mol. The van der Waals surface area contributed by atoms with E-state index in [0.29, 0.717) is 36.3 Å². The molecule has 2 aromatic carbocycles. The Hall–Kier alpha value is -3.06. The Balaban J connectivity index is 1.82. The van der Waals surface area contributed by atoms with Crippen LogP contribution in [0.3, 0.4) is 0 Å². The van der Waals surface area contributed by atoms with Gasteiger partial charge in [-0.25, -0.2) is 9.59 Å². The molecule has 1 amide bonds. The number of carbonyl (C=O) groups excluding carboxylic acids is 2. The molecule has 1 aliphatic rings. The molecule has 1 N–H and O–H groups in total. The third kappa shape index (κ3) is 4.86. The second-order valence-corrected chi connectivity index (χ2v) is 6.88. The highest BCUT2D eigenvalue weighted by Crippen LogP contribution is 2.37. The normalized spacial score (nSPS) is 18.8. The highest BCUT2D eigenvalue weighted by Gasteiger charge is 2.34. The monoisotopic (exact) mass is 399 g/mol. The van der Waals surface area contributed by atoms with Gasteiger partial charge in [-0.15, -0.1) is 0 Å². The van der Waals surface area contributed by atoms with Crippen LogP contribution in [0.2, 0.25) is 0 Å². The maximum Gasteiger partial charge on any atom is 0.410 e. The molecule has 7 heteroatoms. The number of hydrogen-bond donors (Lipinski definition) is 1. The molecule has 29 heavy (non-hydrogen) atoms. The molecule has 0 saturated carbocycles. The van der Waals surface area contributed by atoms with E-state index in [4.69, 9.17) is 14.2 Å². The van der Waals surface area contributed by atoms with Crippen molar-refractivity contribution >= 4 is 12.1 Å². The van der Waals surface area contributed by atoms with Crippen LogP contribution in [-0.4, -0.2) is 48.9 Å². The van der Waals surface area contributed by atoms with Crippen molar-refractivity contribution in [3.05, 3.63) is 65.2 Å². The van der Waals surface area contributed by atoms with Gasteiger partial charge < -0.3 is 24.2 Å². The maximum absolute atomic E-state index is 12.8. The summed E-state index contributed by atoms with van der Waals surface area (Å²) in [6.45, 7) is 0.533. The summed E-state index contributed by atoms with van der Waals surface area (Å²) in [7, 11) is 2.81. The molecule has 2 atom stereocenters. The number of rotatable bonds is 5. The first-order valence-electron chi connectivity index (χ1n) is 9.45. The summed E-state index contributed by atoms with van der Waals surface area (Å²) in [5, 5.41) is 10.2. The zero-order chi connectivity index (χ0) is 20.8. The zero-order valence-corrected chi connectivity index (χ0v) is 16.5. The molecule has 7 nitrogen and oxygen atoms in total. The summed E-state index contributed by atoms with van der Waals surface area (Å²) in [4.78, 5) is 26.2. The molecule has 0 aromatic heterocycles. The minimum Gasteiger partial charge on any atom is -0.496 e. The summed E-state index contributed by atoms with van der Waals surface area (Å²) in [5.74, 6) is -0.0227. The van der Waals surface area contributed by atoms with Crippen LogP contribution in [-0.2, 0) is 16.1 Å². The number of esters is 1. The van der Waals surface area contributed by atoms with E-state index in [1.54, 1.807) is 23.1 Å². The molecule has 1 aliphatic heterocycles. The number of aliphatic hydroxyl groups is 1. The van der Waals surface area contributed by atoms with Gasteiger partial charge >= 0.3 is 12.1 Å². The van der Waals surface area contributed by atoms with E-state index in [2.05, 4.69) is 0 Å². The van der Waals surface area contributed by atoms with Crippen molar-refractivity contribution in [3.63, 3.8) is 0 Å². The molecule has 1 unspecified atom stereocenters. The molecular formula is C22H25NO6. The Morgan fingerprint density at radius 2 is 1.90 bits per heavy atom. The number of nitrogens with zero attached hydrogens (tertiary/aromatic N) is 1. The van der Waals surface area contributed by atoms with E-state index < -0.39 is 24.2 Å². The fraction of sp³-hybridized carbons (Fsp3) is 0.364. The van der Waals surface area contributed by atoms with E-state index >= 15 is 0 Å². The number of piperidine rings is 1. The van der Waals surface area contributed by atoms with Crippen LogP contribution < -0.4 is 4.74 Å². The van der Waals surface area contributed by atoms with E-state index in [1.807, 2.05) is 30.3 Å². The van der Waals surface area contributed by atoms with Gasteiger partial charge in [0.2, 0.25) is 0 Å². The van der Waals surface area contributed by atoms with Gasteiger partial charge in [-0.2, -0.15) is 0 Å². The largest absolute Gasteiger partial charge is 0.496 e. The van der Waals surface area contributed by atoms with E-state index in [1.165, 1.54) is 14.2 Å². The Morgan fingerprint density at radius 1 is 1.14 bits per heavy atom. The number of ether oxygens (including phenoxy) is 3. The molecule has 3 rings (SSSR count). The molecule has 1 fully saturated rings. The second kappa shape index (κ2) is 9.43. The van der Waals surface area contributed by atoms with Crippen LogP contribution in [0.15, 0.2) is 48.5 Å². The third-order valence-corrected chi connectivity index (χ3v) is 5.03. The Kier molecular flexibility index (Phi) is 6.72. The quantitative estimate of drug-likeness (QED) is 0.777. The first kappa shape index (κ1) is 20.7. The topological polar surface area (TPSA) is 85.3 Å². The van der Waals surface area contributed by atoms with E-state index in [0.717, 1.165) is 5.56 Å². The maximum atomic E-state index is 12.8. The molecule has 1 saturated heterocycles. The van der Waals surface area contributed by atoms with Crippen molar-refractivity contribution in [2.75, 3.05) is 20.8 Å². The van der Waals surface area contributed by atoms with Crippen LogP contribution >= 0.6 is 0 Å². The third-order valence-electron chi connectivity index (χ3n) is 5.03. The molecule has 0 spiro atoms. The van der Waals surface area contributed by atoms with E-state index in [9.17, 15) is 14.7 Å². The molecule has 0 radical (unpaired) electrons. The number of methoxy groups -OCH3 is 2. The summed E-state index contributed by atoms with van der Waals surface area (Å²) >= 11 is 0. The van der Waals surface area contributed by atoms with Crippen molar-refractivity contribution in [1.29, 1.82) is 0 Å². The molecule has 0 aliphatic carbocycles. The summed E-state index contributed by atoms with van der Waals surface area (Å²) in [6, 6.07) is 14.0. The lowest BCUT2D eigenvalue weighted by molar-refractivity contribution is 0.0253. The van der Waals surface area contributed by atoms with Crippen LogP contribution in [0.25, 0.3) is 0 Å². The number of carbonyl (C=O) groups is 2. The fourth-order valence-corrected chi connectivity index (χ4v) is 3.49. The molecule has 154 valence electrons. The van der Waals surface area contributed by atoms with Gasteiger partial charge in [0.15, 0.2) is 0 Å². The van der Waals surface area contributed by atoms with Crippen molar-refractivity contribution in [2.45, 2.75) is 31.6 Å². The highest BCUT2D eigenvalue weighted by atomic mass is 16.6. The fourth-order valence-electron chi connectivity index (χ4n) is 3.49. The number of likely N-dealkylation sites (tertiary alicyclic amines) is 1. The molecule has 2 aromatic rings. The number of hydrogen-bond acceptors (Lipinski definition) is 6. The van der Waals surface area contributed by atoms with Crippen LogP contribution in [0.5, 0.6) is 5.75 Å². The van der Waals surface area contributed by atoms with Gasteiger partial charge in [-0.05, 0) is 30.5 Å². The standard InChI is InChI=1S/C22H25NO6/c1-27-20-12-16(21(25)28-2)8-9-18(20)19-13-17(24)10-11-23(19)22(26)29-14-15-6-4-3-5-7-15/h3-9,12,17,19,24H,10-11,13-14H2,1-2H3/t17?,19-/m0/s1. The van der Waals surface area contributed by atoms with Gasteiger partial charge in [0.25, 0.3) is 0 Å². The SMILES string of the molecule is COC(=O)c1ccc([C@@H]2CC(O)CCN2C(=O)OCc2ccccc2)c(OC)c1. The van der Waals surface area contributed by atoms with Gasteiger partial charge in [-0.1, -0.05) is 36.4 Å². The number of amides is 1. The van der Waals surface area contributed by atoms with Gasteiger partial charge in [0.1, 0.15) is 12.4 Å². The number of aliphatic hydroxyl groups excluding tert-OH is 1. The van der Waals surface area contributed by atoms with Gasteiger partial charge in [-0.3, -0.25) is 0 Å². The summed E-state index contributed by atoms with van der Waals surface area (Å²) in [5.41, 5.74) is 1.95. The van der Waals surface area contributed by atoms with E-state index in [-0.39, 0.29) is 6.61 Å². The lowest BCUT2D eigenvalue weighted by Crippen LogP contribution is -2.43. The lowest BCUT2D eigenvalue weighted by atomic mass is 9.92. The Labute approximate surface area is 169 Å².